The van der Waals surface area contributed by atoms with E-state index in [-0.39, 0.29) is 38.6 Å². The Bertz CT molecular complexity index is 1870. The summed E-state index contributed by atoms with van der Waals surface area (Å²) in [5, 5.41) is 0.448. The highest BCUT2D eigenvalue weighted by atomic mass is 35.5. The van der Waals surface area contributed by atoms with Crippen molar-refractivity contribution in [1.82, 2.24) is 14.3 Å². The molecule has 266 valence electrons. The number of benzene rings is 3. The molecule has 49 heavy (non-hydrogen) atoms. The zero-order valence-corrected chi connectivity index (χ0v) is 32.3. The van der Waals surface area contributed by atoms with Crippen molar-refractivity contribution in [3.05, 3.63) is 100 Å². The van der Waals surface area contributed by atoms with Gasteiger partial charge in [0.05, 0.1) is 23.9 Å². The maximum atomic E-state index is 15.5. The van der Waals surface area contributed by atoms with E-state index in [0.29, 0.717) is 29.6 Å². The Morgan fingerprint density at radius 1 is 0.980 bits per heavy atom. The average Bonchev–Trinajstić information content (AvgIpc) is 3.45. The molecule has 4 aromatic rings. The van der Waals surface area contributed by atoms with Crippen LogP contribution in [-0.4, -0.2) is 46.5 Å². The second-order valence-corrected chi connectivity index (χ2v) is 21.7. The van der Waals surface area contributed by atoms with E-state index in [1.165, 1.54) is 43.1 Å². The van der Waals surface area contributed by atoms with Crippen LogP contribution in [0.3, 0.4) is 0 Å². The third-order valence-electron chi connectivity index (χ3n) is 8.98. The summed E-state index contributed by atoms with van der Waals surface area (Å²) < 4.78 is 85.3. The standard InChI is InChI=1S/C35H43ClF3N3O4S2Si/c1-34(2,3)49(7,8)46-17-9-16-41-48(43,44)26-19-28(36)27(30(39)20-26)22-47-33-40-21-32(42(33)25-13-11-24(37)12-14-25)35(4,5)23-10-15-29(38)31(18-23)45-6/h10-15,18-21,41H,9,16-17,22H2,1-8H3. The number of imidazole rings is 1. The first-order valence-electron chi connectivity index (χ1n) is 15.7. The maximum Gasteiger partial charge on any atom is 0.240 e. The molecule has 0 aliphatic rings. The fourth-order valence-electron chi connectivity index (χ4n) is 4.83. The van der Waals surface area contributed by atoms with Gasteiger partial charge in [-0.05, 0) is 78.6 Å². The number of hydrogen-bond donors (Lipinski definition) is 1. The van der Waals surface area contributed by atoms with Gasteiger partial charge in [-0.15, -0.1) is 0 Å². The Morgan fingerprint density at radius 3 is 2.27 bits per heavy atom. The predicted octanol–water partition coefficient (Wildman–Crippen LogP) is 9.26. The quantitative estimate of drug-likeness (QED) is 0.0786. The number of thioether (sulfide) groups is 1. The van der Waals surface area contributed by atoms with Crippen molar-refractivity contribution < 1.29 is 30.8 Å². The summed E-state index contributed by atoms with van der Waals surface area (Å²) in [6.07, 6.45) is 2.13. The highest BCUT2D eigenvalue weighted by molar-refractivity contribution is 7.98. The molecule has 14 heteroatoms. The summed E-state index contributed by atoms with van der Waals surface area (Å²) >= 11 is 7.66. The predicted molar refractivity (Wildman–Crippen MR) is 193 cm³/mol. The summed E-state index contributed by atoms with van der Waals surface area (Å²) in [6.45, 7) is 15.1. The van der Waals surface area contributed by atoms with Crippen molar-refractivity contribution in [2.75, 3.05) is 20.3 Å². The van der Waals surface area contributed by atoms with Gasteiger partial charge in [0.15, 0.2) is 25.0 Å². The molecule has 0 atom stereocenters. The first-order valence-corrected chi connectivity index (χ1v) is 21.5. The van der Waals surface area contributed by atoms with E-state index in [1.54, 1.807) is 30.5 Å². The molecule has 0 spiro atoms. The lowest BCUT2D eigenvalue weighted by Gasteiger charge is -2.36. The molecule has 1 heterocycles. The van der Waals surface area contributed by atoms with Crippen LogP contribution in [0.25, 0.3) is 5.69 Å². The maximum absolute atomic E-state index is 15.5. The molecule has 7 nitrogen and oxygen atoms in total. The smallest absolute Gasteiger partial charge is 0.240 e. The van der Waals surface area contributed by atoms with Gasteiger partial charge in [-0.1, -0.05) is 64.0 Å². The van der Waals surface area contributed by atoms with Crippen LogP contribution >= 0.6 is 23.4 Å². The highest BCUT2D eigenvalue weighted by Gasteiger charge is 2.37. The fraction of sp³-hybridized carbons (Fsp3) is 0.400. The van der Waals surface area contributed by atoms with Crippen LogP contribution in [0, 0.1) is 17.5 Å². The minimum atomic E-state index is -4.03. The van der Waals surface area contributed by atoms with Crippen LogP contribution in [0.15, 0.2) is 70.8 Å². The Hall–Kier alpha value is -2.81. The highest BCUT2D eigenvalue weighted by Crippen LogP contribution is 2.39. The number of rotatable bonds is 14. The van der Waals surface area contributed by atoms with Crippen molar-refractivity contribution in [2.45, 2.75) is 80.4 Å². The summed E-state index contributed by atoms with van der Waals surface area (Å²) in [7, 11) is -4.60. The number of nitrogens with one attached hydrogen (secondary N) is 1. The third-order valence-corrected chi connectivity index (χ3v) is 16.3. The molecule has 1 aromatic heterocycles. The van der Waals surface area contributed by atoms with E-state index in [9.17, 15) is 17.2 Å². The topological polar surface area (TPSA) is 82.4 Å². The molecule has 0 fully saturated rings. The Morgan fingerprint density at radius 2 is 1.65 bits per heavy atom. The molecule has 4 rings (SSSR count). The molecule has 1 N–H and O–H groups in total. The lowest BCUT2D eigenvalue weighted by Crippen LogP contribution is -2.41. The minimum absolute atomic E-state index is 0.0195. The van der Waals surface area contributed by atoms with E-state index >= 15 is 4.39 Å². The first-order chi connectivity index (χ1) is 22.8. The summed E-state index contributed by atoms with van der Waals surface area (Å²) in [4.78, 5) is 4.35. The van der Waals surface area contributed by atoms with Gasteiger partial charge in [-0.3, -0.25) is 4.57 Å². The molecule has 0 aliphatic heterocycles. The lowest BCUT2D eigenvalue weighted by molar-refractivity contribution is 0.283. The van der Waals surface area contributed by atoms with Crippen LogP contribution in [0.2, 0.25) is 23.2 Å². The SMILES string of the molecule is COc1cc(C(C)(C)c2cnc(SCc3c(F)cc(S(=O)(=O)NCCCO[Si](C)(C)C(C)(C)C)cc3Cl)n2-c2ccc(F)cc2)ccc1F. The van der Waals surface area contributed by atoms with Gasteiger partial charge < -0.3 is 9.16 Å². The molecule has 0 aliphatic carbocycles. The summed E-state index contributed by atoms with van der Waals surface area (Å²) in [5.74, 6) is -1.58. The Kier molecular flexibility index (Phi) is 12.1. The fourth-order valence-corrected chi connectivity index (χ4v) is 8.47. The molecule has 0 saturated carbocycles. The number of methoxy groups -OCH3 is 1. The van der Waals surface area contributed by atoms with Crippen molar-refractivity contribution in [1.29, 1.82) is 0 Å². The zero-order chi connectivity index (χ0) is 36.4. The van der Waals surface area contributed by atoms with E-state index in [2.05, 4.69) is 43.6 Å². The van der Waals surface area contributed by atoms with Gasteiger partial charge in [-0.2, -0.15) is 0 Å². The van der Waals surface area contributed by atoms with Crippen LogP contribution in [0.4, 0.5) is 13.2 Å². The van der Waals surface area contributed by atoms with Gasteiger partial charge in [0.2, 0.25) is 10.0 Å². The average molecular weight is 754 g/mol. The Labute approximate surface area is 297 Å². The lowest BCUT2D eigenvalue weighted by atomic mass is 9.81. The molecule has 0 bridgehead atoms. The van der Waals surface area contributed by atoms with E-state index in [1.807, 2.05) is 18.4 Å². The number of nitrogens with zero attached hydrogens (tertiary/aromatic N) is 2. The number of ether oxygens (including phenoxy) is 1. The molecular weight excluding hydrogens is 711 g/mol. The Balaban J connectivity index is 1.56. The second-order valence-electron chi connectivity index (χ2n) is 13.7. The van der Waals surface area contributed by atoms with Crippen LogP contribution in [-0.2, 0) is 25.6 Å². The van der Waals surface area contributed by atoms with Gasteiger partial charge in [0.1, 0.15) is 11.6 Å². The second kappa shape index (κ2) is 15.2. The van der Waals surface area contributed by atoms with E-state index in [4.69, 9.17) is 20.8 Å². The van der Waals surface area contributed by atoms with Gasteiger partial charge in [-0.25, -0.2) is 31.3 Å². The number of halogens is 4. The molecule has 0 saturated heterocycles. The van der Waals surface area contributed by atoms with Crippen molar-refractivity contribution in [3.8, 4) is 11.4 Å². The number of aromatic nitrogens is 2. The molecular formula is C35H43ClF3N3O4S2Si. The van der Waals surface area contributed by atoms with Crippen molar-refractivity contribution >= 4 is 41.7 Å². The van der Waals surface area contributed by atoms with Gasteiger partial charge >= 0.3 is 0 Å². The van der Waals surface area contributed by atoms with Gasteiger partial charge in [0.25, 0.3) is 0 Å². The summed E-state index contributed by atoms with van der Waals surface area (Å²) in [5.41, 5.74) is 1.42. The zero-order valence-electron chi connectivity index (χ0n) is 29.0. The molecule has 0 unspecified atom stereocenters. The molecule has 0 amide bonds. The van der Waals surface area contributed by atoms with Crippen molar-refractivity contribution in [2.24, 2.45) is 0 Å². The van der Waals surface area contributed by atoms with Gasteiger partial charge in [0, 0.05) is 40.6 Å². The minimum Gasteiger partial charge on any atom is -0.494 e. The largest absolute Gasteiger partial charge is 0.494 e. The molecule has 3 aromatic carbocycles. The van der Waals surface area contributed by atoms with E-state index in [0.717, 1.165) is 11.6 Å². The monoisotopic (exact) mass is 753 g/mol. The normalized spacial score (nSPS) is 12.8. The number of hydrogen-bond acceptors (Lipinski definition) is 6. The van der Waals surface area contributed by atoms with E-state index < -0.39 is 41.2 Å². The van der Waals surface area contributed by atoms with Crippen LogP contribution < -0.4 is 9.46 Å². The number of sulfonamides is 1. The first kappa shape index (κ1) is 39.0. The van der Waals surface area contributed by atoms with Crippen LogP contribution in [0.5, 0.6) is 5.75 Å². The summed E-state index contributed by atoms with van der Waals surface area (Å²) in [6, 6.07) is 12.7. The molecule has 0 radical (unpaired) electrons. The third kappa shape index (κ3) is 8.92. The van der Waals surface area contributed by atoms with Crippen LogP contribution in [0.1, 0.15) is 57.9 Å². The van der Waals surface area contributed by atoms with Crippen molar-refractivity contribution in [3.63, 3.8) is 0 Å².